The number of anilines is 1. The van der Waals surface area contributed by atoms with E-state index in [1.54, 1.807) is 0 Å². The lowest BCUT2D eigenvalue weighted by atomic mass is 9.94. The zero-order chi connectivity index (χ0) is 21.9. The fraction of sp³-hybridized carbons (Fsp3) is 0.462. The number of benzene rings is 2. The molecule has 2 fully saturated rings. The van der Waals surface area contributed by atoms with E-state index < -0.39 is 0 Å². The maximum Gasteiger partial charge on any atom is 0.225 e. The van der Waals surface area contributed by atoms with E-state index in [-0.39, 0.29) is 0 Å². The van der Waals surface area contributed by atoms with E-state index >= 15 is 0 Å². The lowest BCUT2D eigenvalue weighted by Crippen LogP contribution is -2.50. The van der Waals surface area contributed by atoms with Gasteiger partial charge in [-0.3, -0.25) is 9.80 Å². The molecule has 0 spiro atoms. The maximum atomic E-state index is 4.81. The van der Waals surface area contributed by atoms with Crippen molar-refractivity contribution < 1.29 is 0 Å². The van der Waals surface area contributed by atoms with Gasteiger partial charge >= 0.3 is 0 Å². The molecule has 2 atom stereocenters. The third kappa shape index (κ3) is 4.98. The van der Waals surface area contributed by atoms with Crippen LogP contribution in [-0.4, -0.2) is 65.6 Å². The van der Waals surface area contributed by atoms with Crippen LogP contribution in [0.4, 0.5) is 5.95 Å². The average molecular weight is 494 g/mol. The molecule has 0 radical (unpaired) electrons. The minimum atomic E-state index is 0.501. The first-order valence-corrected chi connectivity index (χ1v) is 12.6. The Morgan fingerprint density at radius 3 is 2.66 bits per heavy atom. The van der Waals surface area contributed by atoms with E-state index in [0.717, 1.165) is 53.4 Å². The number of hydrogen-bond acceptors (Lipinski definition) is 5. The number of piperazine rings is 1. The molecule has 2 saturated heterocycles. The molecule has 0 aliphatic carbocycles. The summed E-state index contributed by atoms with van der Waals surface area (Å²) in [5, 5.41) is 1.08. The van der Waals surface area contributed by atoms with Crippen molar-refractivity contribution >= 4 is 32.8 Å². The van der Waals surface area contributed by atoms with E-state index in [1.807, 2.05) is 12.3 Å². The van der Waals surface area contributed by atoms with E-state index in [2.05, 4.69) is 85.0 Å². The number of fused-ring (bicyclic) bond motifs is 1. The smallest absolute Gasteiger partial charge is 0.225 e. The predicted molar refractivity (Wildman–Crippen MR) is 135 cm³/mol. The molecular formula is C26H32BrN5. The molecule has 0 N–H and O–H groups in total. The number of aromatic nitrogens is 2. The lowest BCUT2D eigenvalue weighted by molar-refractivity contribution is 0.102. The van der Waals surface area contributed by atoms with Gasteiger partial charge in [0.25, 0.3) is 0 Å². The summed E-state index contributed by atoms with van der Waals surface area (Å²) in [7, 11) is 0. The molecule has 3 heterocycles. The molecule has 3 aromatic rings. The molecule has 2 aliphatic heterocycles. The summed E-state index contributed by atoms with van der Waals surface area (Å²) in [5.74, 6) is 1.62. The highest BCUT2D eigenvalue weighted by molar-refractivity contribution is 9.10. The van der Waals surface area contributed by atoms with Gasteiger partial charge in [0.05, 0.1) is 5.52 Å². The highest BCUT2D eigenvalue weighted by Gasteiger charge is 2.27. The zero-order valence-electron chi connectivity index (χ0n) is 18.8. The van der Waals surface area contributed by atoms with Crippen molar-refractivity contribution in [1.82, 2.24) is 19.8 Å². The van der Waals surface area contributed by atoms with Crippen LogP contribution in [0.25, 0.3) is 10.9 Å². The molecule has 5 nitrogen and oxygen atoms in total. The molecule has 6 heteroatoms. The van der Waals surface area contributed by atoms with Crippen LogP contribution in [0.15, 0.2) is 59.2 Å². The Balaban J connectivity index is 1.15. The number of likely N-dealkylation sites (tertiary alicyclic amines) is 1. The Hall–Kier alpha value is -2.02. The van der Waals surface area contributed by atoms with Crippen molar-refractivity contribution in [3.63, 3.8) is 0 Å². The summed E-state index contributed by atoms with van der Waals surface area (Å²) in [6, 6.07) is 17.6. The minimum absolute atomic E-state index is 0.501. The molecule has 168 valence electrons. The van der Waals surface area contributed by atoms with Crippen LogP contribution in [0.2, 0.25) is 0 Å². The third-order valence-electron chi connectivity index (χ3n) is 7.08. The number of nitrogens with zero attached hydrogens (tertiary/aromatic N) is 5. The van der Waals surface area contributed by atoms with Crippen LogP contribution in [-0.2, 0) is 0 Å². The Bertz CT molecular complexity index is 1030. The summed E-state index contributed by atoms with van der Waals surface area (Å²) in [6.45, 7) is 10.2. The molecule has 0 unspecified atom stereocenters. The van der Waals surface area contributed by atoms with Gasteiger partial charge in [-0.15, -0.1) is 0 Å². The number of halogens is 1. The Morgan fingerprint density at radius 2 is 1.84 bits per heavy atom. The quantitative estimate of drug-likeness (QED) is 0.500. The summed E-state index contributed by atoms with van der Waals surface area (Å²) >= 11 is 3.52. The van der Waals surface area contributed by atoms with Gasteiger partial charge in [0.15, 0.2) is 0 Å². The molecule has 2 aromatic carbocycles. The largest absolute Gasteiger partial charge is 0.338 e. The minimum Gasteiger partial charge on any atom is -0.338 e. The standard InChI is InChI=1S/C26H32BrN5/c1-20(22-7-3-2-4-8-22)32-11-5-6-21(19-32)18-30-12-14-31(15-13-30)26-28-17-23-16-24(27)9-10-25(23)29-26/h2-4,7-10,16-17,20-21H,5-6,11-15,18-19H2,1H3/t20-,21-/m1/s1. The van der Waals surface area contributed by atoms with Crippen molar-refractivity contribution in [2.45, 2.75) is 25.8 Å². The number of hydrogen-bond donors (Lipinski definition) is 0. The van der Waals surface area contributed by atoms with E-state index in [4.69, 9.17) is 4.98 Å². The maximum absolute atomic E-state index is 4.81. The first kappa shape index (κ1) is 21.8. The van der Waals surface area contributed by atoms with Crippen LogP contribution >= 0.6 is 15.9 Å². The van der Waals surface area contributed by atoms with Crippen molar-refractivity contribution in [2.24, 2.45) is 5.92 Å². The highest BCUT2D eigenvalue weighted by Crippen LogP contribution is 2.27. The van der Waals surface area contributed by atoms with Crippen LogP contribution in [0.5, 0.6) is 0 Å². The molecule has 0 saturated carbocycles. The van der Waals surface area contributed by atoms with Crippen LogP contribution in [0, 0.1) is 5.92 Å². The topological polar surface area (TPSA) is 35.5 Å². The fourth-order valence-electron chi connectivity index (χ4n) is 5.18. The van der Waals surface area contributed by atoms with Gasteiger partial charge in [-0.1, -0.05) is 46.3 Å². The molecule has 1 aromatic heterocycles. The second kappa shape index (κ2) is 9.86. The van der Waals surface area contributed by atoms with Crippen LogP contribution in [0.1, 0.15) is 31.4 Å². The lowest BCUT2D eigenvalue weighted by Gasteiger charge is -2.41. The van der Waals surface area contributed by atoms with Gasteiger partial charge in [0, 0.05) is 61.4 Å². The van der Waals surface area contributed by atoms with Gasteiger partial charge in [0.1, 0.15) is 0 Å². The molecule has 5 rings (SSSR count). The van der Waals surface area contributed by atoms with Gasteiger partial charge < -0.3 is 4.90 Å². The molecule has 32 heavy (non-hydrogen) atoms. The second-order valence-corrected chi connectivity index (χ2v) is 10.2. The molecular weight excluding hydrogens is 462 g/mol. The summed E-state index contributed by atoms with van der Waals surface area (Å²) in [6.07, 6.45) is 4.60. The SMILES string of the molecule is C[C@H](c1ccccc1)N1CCC[C@H](CN2CCN(c3ncc4cc(Br)ccc4n3)CC2)C1. The zero-order valence-corrected chi connectivity index (χ0v) is 20.4. The second-order valence-electron chi connectivity index (χ2n) is 9.25. The van der Waals surface area contributed by atoms with Gasteiger partial charge in [-0.25, -0.2) is 9.97 Å². The van der Waals surface area contributed by atoms with E-state index in [0.29, 0.717) is 6.04 Å². The van der Waals surface area contributed by atoms with E-state index in [1.165, 1.54) is 38.0 Å². The monoisotopic (exact) mass is 493 g/mol. The Kier molecular flexibility index (Phi) is 6.72. The van der Waals surface area contributed by atoms with Crippen molar-refractivity contribution in [1.29, 1.82) is 0 Å². The summed E-state index contributed by atoms with van der Waals surface area (Å²) in [4.78, 5) is 17.1. The Labute approximate surface area is 199 Å². The predicted octanol–water partition coefficient (Wildman–Crippen LogP) is 4.99. The van der Waals surface area contributed by atoms with Gasteiger partial charge in [-0.2, -0.15) is 0 Å². The Morgan fingerprint density at radius 1 is 1.03 bits per heavy atom. The van der Waals surface area contributed by atoms with E-state index in [9.17, 15) is 0 Å². The van der Waals surface area contributed by atoms with Crippen molar-refractivity contribution in [3.05, 3.63) is 64.8 Å². The first-order valence-electron chi connectivity index (χ1n) is 11.8. The number of piperidine rings is 1. The van der Waals surface area contributed by atoms with Gasteiger partial charge in [-0.05, 0) is 56.0 Å². The normalized spacial score (nSPS) is 21.7. The first-order chi connectivity index (χ1) is 15.7. The summed E-state index contributed by atoms with van der Waals surface area (Å²) in [5.41, 5.74) is 2.44. The fourth-order valence-corrected chi connectivity index (χ4v) is 5.56. The van der Waals surface area contributed by atoms with Crippen LogP contribution < -0.4 is 4.90 Å². The summed E-state index contributed by atoms with van der Waals surface area (Å²) < 4.78 is 1.06. The molecule has 2 aliphatic rings. The third-order valence-corrected chi connectivity index (χ3v) is 7.57. The van der Waals surface area contributed by atoms with Crippen molar-refractivity contribution in [3.8, 4) is 0 Å². The average Bonchev–Trinajstić information content (AvgIpc) is 2.84. The number of rotatable bonds is 5. The van der Waals surface area contributed by atoms with Crippen molar-refractivity contribution in [2.75, 3.05) is 50.7 Å². The molecule has 0 amide bonds. The highest BCUT2D eigenvalue weighted by atomic mass is 79.9. The van der Waals surface area contributed by atoms with Gasteiger partial charge in [0.2, 0.25) is 5.95 Å². The molecule has 0 bridgehead atoms. The van der Waals surface area contributed by atoms with Crippen LogP contribution in [0.3, 0.4) is 0 Å².